The Morgan fingerprint density at radius 3 is 2.54 bits per heavy atom. The average molecular weight is 348 g/mol. The van der Waals surface area contributed by atoms with Crippen molar-refractivity contribution in [2.75, 3.05) is 26.3 Å². The van der Waals surface area contributed by atoms with Gasteiger partial charge in [-0.1, -0.05) is 30.3 Å². The van der Waals surface area contributed by atoms with Gasteiger partial charge in [0.1, 0.15) is 0 Å². The predicted octanol–water partition coefficient (Wildman–Crippen LogP) is 3.39. The summed E-state index contributed by atoms with van der Waals surface area (Å²) in [5, 5.41) is 0. The first-order valence-electron chi connectivity index (χ1n) is 9.12. The summed E-state index contributed by atoms with van der Waals surface area (Å²) in [6.45, 7) is 6.73. The molecule has 0 unspecified atom stereocenters. The molecule has 1 fully saturated rings. The molecule has 5 heteroatoms. The van der Waals surface area contributed by atoms with Gasteiger partial charge in [0.25, 0.3) is 0 Å². The molecule has 2 aromatic heterocycles. The second-order valence-corrected chi connectivity index (χ2v) is 6.73. The molecule has 134 valence electrons. The van der Waals surface area contributed by atoms with E-state index in [0.29, 0.717) is 6.04 Å². The zero-order valence-corrected chi connectivity index (χ0v) is 15.1. The molecule has 1 saturated heterocycles. The number of hydrogen-bond donors (Lipinski definition) is 0. The Balaban J connectivity index is 1.44. The number of benzene rings is 1. The van der Waals surface area contributed by atoms with Gasteiger partial charge in [0, 0.05) is 49.8 Å². The van der Waals surface area contributed by atoms with Crippen molar-refractivity contribution >= 4 is 0 Å². The third-order valence-corrected chi connectivity index (χ3v) is 5.03. The highest BCUT2D eigenvalue weighted by molar-refractivity contribution is 5.59. The molecule has 0 bridgehead atoms. The van der Waals surface area contributed by atoms with Crippen LogP contribution in [-0.2, 0) is 11.3 Å². The van der Waals surface area contributed by atoms with Crippen molar-refractivity contribution < 1.29 is 4.74 Å². The lowest BCUT2D eigenvalue weighted by atomic mass is 10.0. The van der Waals surface area contributed by atoms with Crippen molar-refractivity contribution in [2.24, 2.45) is 0 Å². The van der Waals surface area contributed by atoms with E-state index in [0.717, 1.165) is 44.1 Å². The minimum absolute atomic E-state index is 0.415. The van der Waals surface area contributed by atoms with E-state index in [2.05, 4.69) is 58.2 Å². The van der Waals surface area contributed by atoms with Crippen molar-refractivity contribution in [3.63, 3.8) is 0 Å². The van der Waals surface area contributed by atoms with E-state index in [-0.39, 0.29) is 0 Å². The van der Waals surface area contributed by atoms with Crippen molar-refractivity contribution in [2.45, 2.75) is 19.5 Å². The van der Waals surface area contributed by atoms with Crippen LogP contribution in [-0.4, -0.2) is 45.7 Å². The Morgan fingerprint density at radius 1 is 1.08 bits per heavy atom. The van der Waals surface area contributed by atoms with Crippen LogP contribution in [0.4, 0.5) is 0 Å². The third-order valence-electron chi connectivity index (χ3n) is 5.03. The Morgan fingerprint density at radius 2 is 1.88 bits per heavy atom. The summed E-state index contributed by atoms with van der Waals surface area (Å²) in [7, 11) is 0. The molecule has 0 aliphatic carbocycles. The first-order chi connectivity index (χ1) is 12.8. The molecular weight excluding hydrogens is 324 g/mol. The average Bonchev–Trinajstić information content (AvgIpc) is 3.22. The molecule has 1 atom stereocenters. The smallest absolute Gasteiger partial charge is 0.0949 e. The molecule has 3 heterocycles. The largest absolute Gasteiger partial charge is 0.379 e. The minimum Gasteiger partial charge on any atom is -0.379 e. The van der Waals surface area contributed by atoms with E-state index < -0.39 is 0 Å². The van der Waals surface area contributed by atoms with Crippen molar-refractivity contribution in [3.05, 3.63) is 72.4 Å². The van der Waals surface area contributed by atoms with E-state index in [1.165, 1.54) is 11.1 Å². The lowest BCUT2D eigenvalue weighted by molar-refractivity contribution is 0.0198. The second kappa shape index (κ2) is 7.81. The third kappa shape index (κ3) is 3.84. The van der Waals surface area contributed by atoms with E-state index >= 15 is 0 Å². The molecule has 0 saturated carbocycles. The Hall–Kier alpha value is -2.50. The normalized spacial score (nSPS) is 16.5. The summed E-state index contributed by atoms with van der Waals surface area (Å²) in [6.07, 6.45) is 7.52. The Bertz CT molecular complexity index is 806. The summed E-state index contributed by atoms with van der Waals surface area (Å²) in [5.41, 5.74) is 4.67. The molecule has 1 aliphatic heterocycles. The van der Waals surface area contributed by atoms with Crippen LogP contribution in [0.3, 0.4) is 0 Å². The highest BCUT2D eigenvalue weighted by atomic mass is 16.5. The maximum Gasteiger partial charge on any atom is 0.0949 e. The van der Waals surface area contributed by atoms with Gasteiger partial charge in [0.05, 0.1) is 25.2 Å². The highest BCUT2D eigenvalue weighted by Crippen LogP contribution is 2.24. The molecule has 1 aliphatic rings. The number of hydrogen-bond acceptors (Lipinski definition) is 4. The topological polar surface area (TPSA) is 43.2 Å². The SMILES string of the molecule is C[C@H](c1ccc(-c2ccc(Cn3ccnc3)cn2)cc1)N1CCOCC1. The number of rotatable bonds is 5. The van der Waals surface area contributed by atoms with E-state index in [1.54, 1.807) is 6.20 Å². The van der Waals surface area contributed by atoms with Crippen molar-refractivity contribution in [1.29, 1.82) is 0 Å². The van der Waals surface area contributed by atoms with E-state index in [1.807, 2.05) is 23.3 Å². The fourth-order valence-corrected chi connectivity index (χ4v) is 3.39. The van der Waals surface area contributed by atoms with Crippen LogP contribution in [0.25, 0.3) is 11.3 Å². The van der Waals surface area contributed by atoms with Gasteiger partial charge in [0.15, 0.2) is 0 Å². The summed E-state index contributed by atoms with van der Waals surface area (Å²) in [5.74, 6) is 0. The van der Waals surface area contributed by atoms with Crippen LogP contribution < -0.4 is 0 Å². The minimum atomic E-state index is 0.415. The number of aromatic nitrogens is 3. The van der Waals surface area contributed by atoms with Gasteiger partial charge >= 0.3 is 0 Å². The van der Waals surface area contributed by atoms with Crippen LogP contribution in [0.5, 0.6) is 0 Å². The fraction of sp³-hybridized carbons (Fsp3) is 0.333. The fourth-order valence-electron chi connectivity index (χ4n) is 3.39. The van der Waals surface area contributed by atoms with Crippen LogP contribution in [0, 0.1) is 0 Å². The lowest BCUT2D eigenvalue weighted by Gasteiger charge is -2.32. The maximum absolute atomic E-state index is 5.45. The van der Waals surface area contributed by atoms with E-state index in [4.69, 9.17) is 4.74 Å². The van der Waals surface area contributed by atoms with Gasteiger partial charge in [0.2, 0.25) is 0 Å². The number of pyridine rings is 1. The zero-order chi connectivity index (χ0) is 17.8. The Kier molecular flexibility index (Phi) is 5.09. The van der Waals surface area contributed by atoms with E-state index in [9.17, 15) is 0 Å². The van der Waals surface area contributed by atoms with Gasteiger partial charge in [-0.2, -0.15) is 0 Å². The Labute approximate surface area is 154 Å². The van der Waals surface area contributed by atoms with Crippen molar-refractivity contribution in [1.82, 2.24) is 19.4 Å². The molecule has 0 radical (unpaired) electrons. The summed E-state index contributed by atoms with van der Waals surface area (Å²) in [4.78, 5) is 11.2. The zero-order valence-electron chi connectivity index (χ0n) is 15.1. The predicted molar refractivity (Wildman–Crippen MR) is 102 cm³/mol. The molecule has 3 aromatic rings. The molecule has 0 amide bonds. The number of morpholine rings is 1. The summed E-state index contributed by atoms with van der Waals surface area (Å²) in [6, 6.07) is 13.4. The first kappa shape index (κ1) is 16.9. The lowest BCUT2D eigenvalue weighted by Crippen LogP contribution is -2.37. The van der Waals surface area contributed by atoms with Gasteiger partial charge in [-0.25, -0.2) is 4.98 Å². The molecule has 4 rings (SSSR count). The van der Waals surface area contributed by atoms with Gasteiger partial charge in [-0.05, 0) is 24.1 Å². The molecule has 26 heavy (non-hydrogen) atoms. The van der Waals surface area contributed by atoms with Crippen LogP contribution in [0.2, 0.25) is 0 Å². The quantitative estimate of drug-likeness (QED) is 0.709. The number of ether oxygens (including phenoxy) is 1. The molecule has 1 aromatic carbocycles. The van der Waals surface area contributed by atoms with Gasteiger partial charge < -0.3 is 9.30 Å². The molecule has 0 N–H and O–H groups in total. The number of nitrogens with zero attached hydrogens (tertiary/aromatic N) is 4. The van der Waals surface area contributed by atoms with Crippen LogP contribution in [0.1, 0.15) is 24.1 Å². The van der Waals surface area contributed by atoms with Crippen LogP contribution in [0.15, 0.2) is 61.3 Å². The molecule has 5 nitrogen and oxygen atoms in total. The second-order valence-electron chi connectivity index (χ2n) is 6.73. The number of imidazole rings is 1. The standard InChI is InChI=1S/C21H24N4O/c1-17(25-10-12-26-13-11-25)19-3-5-20(6-4-19)21-7-2-18(14-23-21)15-24-9-8-22-16-24/h2-9,14,16-17H,10-13,15H2,1H3/t17-/m1/s1. The maximum atomic E-state index is 5.45. The van der Waals surface area contributed by atoms with Crippen molar-refractivity contribution in [3.8, 4) is 11.3 Å². The molecule has 0 spiro atoms. The van der Waals surface area contributed by atoms with Gasteiger partial charge in [-0.15, -0.1) is 0 Å². The summed E-state index contributed by atoms with van der Waals surface area (Å²) >= 11 is 0. The van der Waals surface area contributed by atoms with Crippen LogP contribution >= 0.6 is 0 Å². The monoisotopic (exact) mass is 348 g/mol. The first-order valence-corrected chi connectivity index (χ1v) is 9.12. The van der Waals surface area contributed by atoms with Gasteiger partial charge in [-0.3, -0.25) is 9.88 Å². The molecular formula is C21H24N4O. The summed E-state index contributed by atoms with van der Waals surface area (Å²) < 4.78 is 7.49. The highest BCUT2D eigenvalue weighted by Gasteiger charge is 2.18.